The summed E-state index contributed by atoms with van der Waals surface area (Å²) in [4.78, 5) is 11.5. The highest BCUT2D eigenvalue weighted by atomic mass is 16.3. The van der Waals surface area contributed by atoms with E-state index >= 15 is 0 Å². The number of benzene rings is 11. The predicted octanol–water partition coefficient (Wildman–Crippen LogP) is 18.3. The zero-order valence-electron chi connectivity index (χ0n) is 41.5. The summed E-state index contributed by atoms with van der Waals surface area (Å²) < 4.78 is 9.65. The van der Waals surface area contributed by atoms with Gasteiger partial charge in [0.05, 0.1) is 22.4 Å². The Labute approximate surface area is 434 Å². The highest BCUT2D eigenvalue weighted by Gasteiger charge is 2.38. The minimum absolute atomic E-state index is 0.238. The third-order valence-electron chi connectivity index (χ3n) is 16.2. The van der Waals surface area contributed by atoms with Gasteiger partial charge in [0.25, 0.3) is 0 Å². The van der Waals surface area contributed by atoms with E-state index in [0.717, 1.165) is 96.8 Å². The summed E-state index contributed by atoms with van der Waals surface area (Å²) in [6.45, 7) is 2.41. The number of aliphatic imine (C=N–C) groups is 2. The molecule has 4 heteroatoms. The lowest BCUT2D eigenvalue weighted by molar-refractivity contribution is 0.561. The highest BCUT2D eigenvalue weighted by Crippen LogP contribution is 2.49. The van der Waals surface area contributed by atoms with E-state index in [9.17, 15) is 0 Å². The van der Waals surface area contributed by atoms with E-state index in [4.69, 9.17) is 14.4 Å². The monoisotopic (exact) mass is 959 g/mol. The fourth-order valence-electron chi connectivity index (χ4n) is 12.5. The molecule has 11 aromatic carbocycles. The van der Waals surface area contributed by atoms with Crippen LogP contribution in [0.4, 0.5) is 0 Å². The lowest BCUT2D eigenvalue weighted by Crippen LogP contribution is -2.31. The normalized spacial score (nSPS) is 16.4. The van der Waals surface area contributed by atoms with E-state index < -0.39 is 0 Å². The Morgan fingerprint density at radius 1 is 0.440 bits per heavy atom. The average Bonchev–Trinajstić information content (AvgIpc) is 4.01. The Morgan fingerprint density at radius 3 is 1.95 bits per heavy atom. The molecule has 15 rings (SSSR count). The first-order valence-electron chi connectivity index (χ1n) is 26.1. The summed E-state index contributed by atoms with van der Waals surface area (Å²) in [5, 5.41) is 9.20. The van der Waals surface area contributed by atoms with Crippen LogP contribution < -0.4 is 0 Å². The summed E-state index contributed by atoms with van der Waals surface area (Å²) in [6, 6.07) is 85.9. The summed E-state index contributed by atoms with van der Waals surface area (Å²) in [7, 11) is 0. The quantitative estimate of drug-likeness (QED) is 0.164. The Kier molecular flexibility index (Phi) is 9.86. The number of allylic oxidation sites excluding steroid dienone is 1. The van der Waals surface area contributed by atoms with Crippen molar-refractivity contribution in [2.45, 2.75) is 31.6 Å². The summed E-state index contributed by atoms with van der Waals surface area (Å²) in [5.74, 6) is 0.665. The van der Waals surface area contributed by atoms with E-state index in [1.165, 1.54) is 60.5 Å². The second kappa shape index (κ2) is 17.1. The van der Waals surface area contributed by atoms with Gasteiger partial charge in [0.15, 0.2) is 5.84 Å². The zero-order valence-corrected chi connectivity index (χ0v) is 41.5. The maximum atomic E-state index is 7.21. The summed E-state index contributed by atoms with van der Waals surface area (Å²) in [5.41, 5.74) is 18.6. The second-order valence-electron chi connectivity index (χ2n) is 20.5. The standard InChI is InChI=1S/C71H49N3O/c1-71(51-23-6-3-7-24-51)44-62-54(55-26-12-14-30-63(55)71)28-16-29-56(62)64-31-17-32-65(73-70(72-64)48-36-34-46(35-37-48)45-18-4-2-5-19-45)61-43-52(42-60-58-39-38-47-20-10-11-25-53(47)68(58)75-69(60)61)74-66-33-15-13-27-57(66)59-40-49-21-8-9-22-50(49)41-67(59)74/h2-16,18-30,32-43H,17,31,44H2,1H3/b65-32-,72-64?,73-70?. The first kappa shape index (κ1) is 43.2. The molecule has 4 nitrogen and oxygen atoms in total. The number of amidine groups is 1. The number of rotatable bonds is 6. The fourth-order valence-corrected chi connectivity index (χ4v) is 12.5. The van der Waals surface area contributed by atoms with Gasteiger partial charge in [-0.2, -0.15) is 0 Å². The molecule has 1 atom stereocenters. The van der Waals surface area contributed by atoms with Crippen molar-refractivity contribution in [1.29, 1.82) is 0 Å². The van der Waals surface area contributed by atoms with Gasteiger partial charge < -0.3 is 8.98 Å². The Morgan fingerprint density at radius 2 is 1.11 bits per heavy atom. The number of hydrogen-bond donors (Lipinski definition) is 0. The van der Waals surface area contributed by atoms with Crippen LogP contribution in [0.1, 0.15) is 53.1 Å². The number of aromatic nitrogens is 1. The molecule has 75 heavy (non-hydrogen) atoms. The van der Waals surface area contributed by atoms with Gasteiger partial charge in [-0.3, -0.25) is 0 Å². The molecule has 0 spiro atoms. The maximum Gasteiger partial charge on any atom is 0.160 e. The van der Waals surface area contributed by atoms with Crippen LogP contribution in [0.3, 0.4) is 0 Å². The number of furan rings is 1. The van der Waals surface area contributed by atoms with E-state index in [1.54, 1.807) is 0 Å². The van der Waals surface area contributed by atoms with Crippen LogP contribution in [-0.2, 0) is 11.8 Å². The van der Waals surface area contributed by atoms with Crippen LogP contribution in [-0.4, -0.2) is 16.1 Å². The van der Waals surface area contributed by atoms with Crippen molar-refractivity contribution in [3.8, 4) is 27.9 Å². The molecule has 0 radical (unpaired) electrons. The van der Waals surface area contributed by atoms with Crippen molar-refractivity contribution >= 4 is 82.5 Å². The molecule has 0 saturated carbocycles. The van der Waals surface area contributed by atoms with Gasteiger partial charge in [0, 0.05) is 49.2 Å². The van der Waals surface area contributed by atoms with Gasteiger partial charge in [0.1, 0.15) is 11.2 Å². The molecule has 2 aromatic heterocycles. The van der Waals surface area contributed by atoms with Crippen molar-refractivity contribution in [3.05, 3.63) is 276 Å². The molecular weight excluding hydrogens is 911 g/mol. The first-order valence-corrected chi connectivity index (χ1v) is 26.1. The van der Waals surface area contributed by atoms with E-state index in [2.05, 4.69) is 254 Å². The molecule has 0 N–H and O–H groups in total. The number of fused-ring (bicyclic) bond motifs is 12. The highest BCUT2D eigenvalue weighted by molar-refractivity contribution is 6.20. The van der Waals surface area contributed by atoms with E-state index in [-0.39, 0.29) is 5.41 Å². The van der Waals surface area contributed by atoms with E-state index in [0.29, 0.717) is 5.84 Å². The molecule has 3 heterocycles. The van der Waals surface area contributed by atoms with Crippen LogP contribution in [0.25, 0.3) is 98.9 Å². The van der Waals surface area contributed by atoms with Crippen molar-refractivity contribution in [1.82, 2.24) is 4.57 Å². The van der Waals surface area contributed by atoms with Crippen molar-refractivity contribution < 1.29 is 4.42 Å². The number of para-hydroxylation sites is 1. The lowest BCUT2D eigenvalue weighted by Gasteiger charge is -2.39. The van der Waals surface area contributed by atoms with Crippen LogP contribution >= 0.6 is 0 Å². The molecule has 1 unspecified atom stereocenters. The topological polar surface area (TPSA) is 42.8 Å². The van der Waals surface area contributed by atoms with Crippen LogP contribution in [0.15, 0.2) is 257 Å². The Bertz CT molecular complexity index is 4550. The molecule has 0 bridgehead atoms. The molecular formula is C71H49N3O. The van der Waals surface area contributed by atoms with Gasteiger partial charge in [-0.1, -0.05) is 213 Å². The number of hydrogen-bond acceptors (Lipinski definition) is 3. The summed E-state index contributed by atoms with van der Waals surface area (Å²) in [6.07, 6.45) is 4.62. The Hall–Kier alpha value is -9.38. The van der Waals surface area contributed by atoms with Crippen LogP contribution in [0, 0.1) is 0 Å². The number of nitrogens with zero attached hydrogens (tertiary/aromatic N) is 3. The maximum absolute atomic E-state index is 7.21. The van der Waals surface area contributed by atoms with Crippen molar-refractivity contribution in [3.63, 3.8) is 0 Å². The van der Waals surface area contributed by atoms with E-state index in [1.807, 2.05) is 0 Å². The second-order valence-corrected chi connectivity index (χ2v) is 20.5. The predicted molar refractivity (Wildman–Crippen MR) is 314 cm³/mol. The largest absolute Gasteiger partial charge is 0.455 e. The lowest BCUT2D eigenvalue weighted by atomic mass is 9.64. The Balaban J connectivity index is 0.969. The molecule has 354 valence electrons. The SMILES string of the molecule is CC1(c2ccccc2)Cc2c(C3=NC(c4ccc(-c5ccccc5)cc4)=N/C(c4cc(-n5c6ccccc6c6cc7ccccc7cc65)cc5c4oc4c6ccccc6ccc54)=C\CC3)cccc2-c2ccccc21. The smallest absolute Gasteiger partial charge is 0.160 e. The first-order chi connectivity index (χ1) is 37.0. The molecule has 1 aliphatic carbocycles. The van der Waals surface area contributed by atoms with Gasteiger partial charge in [-0.05, 0) is 116 Å². The molecule has 0 saturated heterocycles. The van der Waals surface area contributed by atoms with Gasteiger partial charge in [0.2, 0.25) is 0 Å². The fraction of sp³-hybridized carbons (Fsp3) is 0.0704. The average molecular weight is 960 g/mol. The molecule has 2 aliphatic rings. The van der Waals surface area contributed by atoms with Crippen LogP contribution in [0.5, 0.6) is 0 Å². The van der Waals surface area contributed by atoms with Gasteiger partial charge >= 0.3 is 0 Å². The third kappa shape index (κ3) is 6.97. The van der Waals surface area contributed by atoms with Crippen molar-refractivity contribution in [2.24, 2.45) is 9.98 Å². The summed E-state index contributed by atoms with van der Waals surface area (Å²) >= 11 is 0. The van der Waals surface area contributed by atoms with Crippen molar-refractivity contribution in [2.75, 3.05) is 0 Å². The molecule has 13 aromatic rings. The minimum atomic E-state index is -0.238. The molecule has 1 aliphatic heterocycles. The third-order valence-corrected chi connectivity index (χ3v) is 16.2. The zero-order chi connectivity index (χ0) is 49.6. The minimum Gasteiger partial charge on any atom is -0.455 e. The van der Waals surface area contributed by atoms with Gasteiger partial charge in [-0.15, -0.1) is 0 Å². The molecule has 0 amide bonds. The van der Waals surface area contributed by atoms with Gasteiger partial charge in [-0.25, -0.2) is 9.98 Å². The van der Waals surface area contributed by atoms with Crippen LogP contribution in [0.2, 0.25) is 0 Å². The molecule has 0 fully saturated rings.